The first-order chi connectivity index (χ1) is 32.1. The molecule has 0 aliphatic rings. The summed E-state index contributed by atoms with van der Waals surface area (Å²) in [6, 6.07) is 0. The van der Waals surface area contributed by atoms with Crippen LogP contribution in [0.4, 0.5) is 74.6 Å². The van der Waals surface area contributed by atoms with E-state index in [1.807, 2.05) is 21.1 Å². The maximum absolute atomic E-state index is 14.2. The maximum atomic E-state index is 14.2. The third-order valence-corrected chi connectivity index (χ3v) is 12.7. The molecule has 2 atom stereocenters. The van der Waals surface area contributed by atoms with Gasteiger partial charge in [0.2, 0.25) is 0 Å². The first-order valence-electron chi connectivity index (χ1n) is 24.4. The van der Waals surface area contributed by atoms with Crippen molar-refractivity contribution < 1.29 is 107 Å². The number of quaternary nitrogens is 1. The van der Waals surface area contributed by atoms with Gasteiger partial charge in [-0.3, -0.25) is 4.57 Å². The van der Waals surface area contributed by atoms with Crippen molar-refractivity contribution in [2.75, 3.05) is 60.7 Å². The molecule has 0 spiro atoms. The predicted molar refractivity (Wildman–Crippen MR) is 229 cm³/mol. The normalized spacial score (nSPS) is 15.5. The lowest BCUT2D eigenvalue weighted by atomic mass is 9.87. The summed E-state index contributed by atoms with van der Waals surface area (Å²) in [6.45, 7) is 2.92. The van der Waals surface area contributed by atoms with E-state index in [-0.39, 0.29) is 39.3 Å². The minimum Gasteiger partial charge on any atom is -0.756 e. The lowest BCUT2D eigenvalue weighted by molar-refractivity contribution is -0.870. The van der Waals surface area contributed by atoms with Crippen LogP contribution in [-0.2, 0) is 23.1 Å². The van der Waals surface area contributed by atoms with Crippen molar-refractivity contribution in [3.8, 4) is 0 Å². The third kappa shape index (κ3) is 23.1. The van der Waals surface area contributed by atoms with E-state index in [9.17, 15) is 84.1 Å². The Morgan fingerprint density at radius 3 is 1.06 bits per heavy atom. The standard InChI is InChI=1S/C45H77F17NO6P/c1-5-6-7-8-9-10-11-12-13-14-15-16-19-22-25-28-32-66-35-37(69-70(64,65)68-34-31-63(2,3)4)36-67-33-29-26-23-20-17-18-21-24-27-30-38(46,47)39(48,49)40(50,51)41(52,53)42(54,55)43(56,57)44(58,59)45(60,61)62/h37H,5-36H2,1-4H3. The number of nitrogens with zero attached hydrogens (tertiary/aromatic N) is 1. The van der Waals surface area contributed by atoms with E-state index in [0.717, 1.165) is 25.7 Å². The summed E-state index contributed by atoms with van der Waals surface area (Å²) in [5.74, 6) is -56.1. The van der Waals surface area contributed by atoms with Crippen molar-refractivity contribution >= 4 is 7.82 Å². The number of unbranched alkanes of at least 4 members (excludes halogenated alkanes) is 23. The van der Waals surface area contributed by atoms with Gasteiger partial charge in [0.25, 0.3) is 7.82 Å². The molecule has 70 heavy (non-hydrogen) atoms. The molecule has 0 bridgehead atoms. The second kappa shape index (κ2) is 31.6. The Morgan fingerprint density at radius 2 is 0.729 bits per heavy atom. The van der Waals surface area contributed by atoms with Crippen LogP contribution in [0.5, 0.6) is 0 Å². The average Bonchev–Trinajstić information content (AvgIpc) is 3.23. The van der Waals surface area contributed by atoms with Gasteiger partial charge in [-0.1, -0.05) is 148 Å². The Labute approximate surface area is 402 Å². The van der Waals surface area contributed by atoms with Crippen LogP contribution in [0.15, 0.2) is 0 Å². The molecule has 0 amide bonds. The number of hydrogen-bond acceptors (Lipinski definition) is 6. The molecule has 0 aromatic heterocycles. The number of alkyl halides is 17. The van der Waals surface area contributed by atoms with E-state index < -0.39 is 80.8 Å². The monoisotopic (exact) mass is 1080 g/mol. The molecule has 0 rings (SSSR count). The fraction of sp³-hybridized carbons (Fsp3) is 1.00. The van der Waals surface area contributed by atoms with Crippen LogP contribution in [-0.4, -0.2) is 119 Å². The second-order valence-electron chi connectivity index (χ2n) is 19.1. The van der Waals surface area contributed by atoms with E-state index >= 15 is 0 Å². The van der Waals surface area contributed by atoms with E-state index in [4.69, 9.17) is 18.5 Å². The molecular formula is C45H77F17NO6P. The van der Waals surface area contributed by atoms with Gasteiger partial charge in [0, 0.05) is 19.6 Å². The van der Waals surface area contributed by atoms with Gasteiger partial charge in [-0.25, -0.2) is 0 Å². The molecule has 0 fully saturated rings. The van der Waals surface area contributed by atoms with Crippen molar-refractivity contribution in [3.05, 3.63) is 0 Å². The van der Waals surface area contributed by atoms with Gasteiger partial charge in [-0.05, 0) is 19.3 Å². The molecular weight excluding hydrogens is 1000 g/mol. The maximum Gasteiger partial charge on any atom is 0.460 e. The van der Waals surface area contributed by atoms with Crippen LogP contribution >= 0.6 is 7.82 Å². The molecule has 7 nitrogen and oxygen atoms in total. The highest BCUT2D eigenvalue weighted by atomic mass is 31.2. The van der Waals surface area contributed by atoms with E-state index in [1.165, 1.54) is 77.0 Å². The molecule has 2 unspecified atom stereocenters. The molecule has 0 aliphatic carbocycles. The largest absolute Gasteiger partial charge is 0.756 e. The summed E-state index contributed by atoms with van der Waals surface area (Å²) >= 11 is 0. The van der Waals surface area contributed by atoms with Gasteiger partial charge < -0.3 is 27.9 Å². The molecule has 0 heterocycles. The van der Waals surface area contributed by atoms with Crippen molar-refractivity contribution in [1.82, 2.24) is 0 Å². The Hall–Kier alpha value is -1.20. The topological polar surface area (TPSA) is 77.1 Å². The zero-order valence-corrected chi connectivity index (χ0v) is 41.9. The summed E-state index contributed by atoms with van der Waals surface area (Å²) < 4.78 is 264. The van der Waals surface area contributed by atoms with Crippen molar-refractivity contribution in [1.29, 1.82) is 0 Å². The number of hydrogen-bond donors (Lipinski definition) is 0. The Bertz CT molecular complexity index is 1420. The highest BCUT2D eigenvalue weighted by Crippen LogP contribution is 2.64. The van der Waals surface area contributed by atoms with Gasteiger partial charge in [0.1, 0.15) is 19.3 Å². The lowest BCUT2D eigenvalue weighted by Crippen LogP contribution is -2.74. The molecule has 0 radical (unpaired) electrons. The highest BCUT2D eigenvalue weighted by molar-refractivity contribution is 7.45. The van der Waals surface area contributed by atoms with E-state index in [0.29, 0.717) is 49.7 Å². The van der Waals surface area contributed by atoms with Crippen LogP contribution in [0.25, 0.3) is 0 Å². The average molecular weight is 1080 g/mol. The molecule has 0 aromatic rings. The predicted octanol–water partition coefficient (Wildman–Crippen LogP) is 15.8. The first kappa shape index (κ1) is 68.8. The number of phosphoric acid groups is 1. The van der Waals surface area contributed by atoms with Crippen LogP contribution in [0.2, 0.25) is 0 Å². The number of ether oxygens (including phenoxy) is 2. The van der Waals surface area contributed by atoms with Gasteiger partial charge in [-0.2, -0.15) is 74.6 Å². The van der Waals surface area contributed by atoms with Crippen LogP contribution in [0.1, 0.15) is 174 Å². The molecule has 25 heteroatoms. The number of likely N-dealkylation sites (N-methyl/N-ethyl adjacent to an activating group) is 1. The van der Waals surface area contributed by atoms with Crippen LogP contribution in [0.3, 0.4) is 0 Å². The zero-order valence-electron chi connectivity index (χ0n) is 41.0. The number of halogens is 17. The van der Waals surface area contributed by atoms with E-state index in [2.05, 4.69) is 6.92 Å². The summed E-state index contributed by atoms with van der Waals surface area (Å²) in [5, 5.41) is 0. The van der Waals surface area contributed by atoms with Gasteiger partial charge in [0.05, 0.1) is 34.4 Å². The van der Waals surface area contributed by atoms with Gasteiger partial charge >= 0.3 is 47.6 Å². The number of rotatable bonds is 45. The summed E-state index contributed by atoms with van der Waals surface area (Å²) in [6.07, 6.45) is 9.66. The Kier molecular flexibility index (Phi) is 31.1. The minimum absolute atomic E-state index is 0.0142. The third-order valence-electron chi connectivity index (χ3n) is 11.6. The summed E-state index contributed by atoms with van der Waals surface area (Å²) in [4.78, 5) is 12.6. The quantitative estimate of drug-likeness (QED) is 0.0262. The highest BCUT2D eigenvalue weighted by Gasteiger charge is 2.95. The fourth-order valence-corrected chi connectivity index (χ4v) is 7.93. The fourth-order valence-electron chi connectivity index (χ4n) is 7.07. The van der Waals surface area contributed by atoms with Crippen LogP contribution in [0, 0.1) is 0 Å². The lowest BCUT2D eigenvalue weighted by Gasteiger charge is -2.42. The minimum atomic E-state index is -8.63. The van der Waals surface area contributed by atoms with Gasteiger partial charge in [-0.15, -0.1) is 0 Å². The molecule has 0 N–H and O–H groups in total. The summed E-state index contributed by atoms with van der Waals surface area (Å²) in [7, 11) is 0.872. The molecule has 422 valence electrons. The SMILES string of the molecule is CCCCCCCCCCCCCCCCCCOCC(COCCCCCCCCCCCC(F)(F)C(F)(F)C(F)(F)C(F)(F)C(F)(F)C(F)(F)C(F)(F)C(F)(F)F)OP(=O)([O-])OCC[N+](C)(C)C. The molecule has 0 saturated carbocycles. The van der Waals surface area contributed by atoms with Crippen molar-refractivity contribution in [2.24, 2.45) is 0 Å². The summed E-state index contributed by atoms with van der Waals surface area (Å²) in [5.41, 5.74) is 0. The Balaban J connectivity index is 4.68. The van der Waals surface area contributed by atoms with Crippen LogP contribution < -0.4 is 4.89 Å². The zero-order chi connectivity index (χ0) is 54.0. The number of phosphoric ester groups is 1. The van der Waals surface area contributed by atoms with Gasteiger partial charge in [0.15, 0.2) is 0 Å². The van der Waals surface area contributed by atoms with E-state index in [1.54, 1.807) is 0 Å². The van der Waals surface area contributed by atoms with Crippen molar-refractivity contribution in [3.63, 3.8) is 0 Å². The molecule has 0 aliphatic heterocycles. The molecule has 0 aromatic carbocycles. The smallest absolute Gasteiger partial charge is 0.460 e. The first-order valence-corrected chi connectivity index (χ1v) is 25.9. The van der Waals surface area contributed by atoms with Crippen molar-refractivity contribution in [2.45, 2.75) is 228 Å². The second-order valence-corrected chi connectivity index (χ2v) is 20.4. The molecule has 0 saturated heterocycles. The Morgan fingerprint density at radius 1 is 0.429 bits per heavy atom.